The molecule has 22 heavy (non-hydrogen) atoms. The van der Waals surface area contributed by atoms with Crippen molar-refractivity contribution in [2.24, 2.45) is 0 Å². The van der Waals surface area contributed by atoms with E-state index in [1.165, 1.54) is 37.7 Å². The lowest BCUT2D eigenvalue weighted by Crippen LogP contribution is -2.17. The van der Waals surface area contributed by atoms with Crippen LogP contribution in [0.25, 0.3) is 11.1 Å². The van der Waals surface area contributed by atoms with Crippen LogP contribution in [0.15, 0.2) is 36.7 Å². The number of pyridine rings is 1. The van der Waals surface area contributed by atoms with Crippen LogP contribution in [0.3, 0.4) is 0 Å². The molecule has 1 heterocycles. The number of benzene rings is 1. The first-order chi connectivity index (χ1) is 10.4. The van der Waals surface area contributed by atoms with Gasteiger partial charge in [0.1, 0.15) is 11.5 Å². The van der Waals surface area contributed by atoms with E-state index in [0.29, 0.717) is 22.4 Å². The van der Waals surface area contributed by atoms with E-state index in [0.717, 1.165) is 0 Å². The number of hydrogen-bond acceptors (Lipinski definition) is 4. The predicted octanol–water partition coefficient (Wildman–Crippen LogP) is 3.72. The van der Waals surface area contributed by atoms with Crippen molar-refractivity contribution in [2.45, 2.75) is 12.8 Å². The zero-order valence-corrected chi connectivity index (χ0v) is 11.5. The average molecular weight is 308 g/mol. The van der Waals surface area contributed by atoms with E-state index >= 15 is 0 Å². The smallest absolute Gasteiger partial charge is 0.495 e. The van der Waals surface area contributed by atoms with Crippen LogP contribution in [-0.4, -0.2) is 18.5 Å². The molecule has 7 heteroatoms. The van der Waals surface area contributed by atoms with Gasteiger partial charge in [0, 0.05) is 17.3 Å². The first-order valence-corrected chi connectivity index (χ1v) is 6.18. The lowest BCUT2D eigenvalue weighted by molar-refractivity contribution is -0.274. The number of rotatable bonds is 4. The molecule has 0 fully saturated rings. The second kappa shape index (κ2) is 6.35. The van der Waals surface area contributed by atoms with Crippen molar-refractivity contribution in [2.75, 3.05) is 7.11 Å². The summed E-state index contributed by atoms with van der Waals surface area (Å²) in [5.74, 6) is 0.0666. The highest BCUT2D eigenvalue weighted by atomic mass is 19.4. The van der Waals surface area contributed by atoms with Crippen LogP contribution in [-0.2, 0) is 6.42 Å². The molecule has 0 bridgehead atoms. The van der Waals surface area contributed by atoms with Crippen LogP contribution >= 0.6 is 0 Å². The van der Waals surface area contributed by atoms with Crippen LogP contribution < -0.4 is 9.47 Å². The SMILES string of the molecule is COc1cncc(-c2cccc(OC(F)(F)F)c2)c1CC#N. The Labute approximate surface area is 124 Å². The second-order valence-electron chi connectivity index (χ2n) is 4.28. The van der Waals surface area contributed by atoms with Gasteiger partial charge in [0.05, 0.1) is 25.8 Å². The number of halogens is 3. The zero-order chi connectivity index (χ0) is 16.2. The van der Waals surface area contributed by atoms with Crippen molar-refractivity contribution in [3.8, 4) is 28.7 Å². The highest BCUT2D eigenvalue weighted by Gasteiger charge is 2.31. The largest absolute Gasteiger partial charge is 0.573 e. The molecule has 114 valence electrons. The Hall–Kier alpha value is -2.75. The maximum absolute atomic E-state index is 12.3. The van der Waals surface area contributed by atoms with Crippen molar-refractivity contribution < 1.29 is 22.6 Å². The Morgan fingerprint density at radius 3 is 2.68 bits per heavy atom. The number of hydrogen-bond donors (Lipinski definition) is 0. The Balaban J connectivity index is 2.48. The molecular weight excluding hydrogens is 297 g/mol. The van der Waals surface area contributed by atoms with Gasteiger partial charge in [-0.1, -0.05) is 12.1 Å². The summed E-state index contributed by atoms with van der Waals surface area (Å²) in [6.45, 7) is 0. The molecule has 0 unspecified atom stereocenters. The molecule has 1 aromatic heterocycles. The summed E-state index contributed by atoms with van der Waals surface area (Å²) in [5.41, 5.74) is 1.54. The average Bonchev–Trinajstić information content (AvgIpc) is 2.46. The summed E-state index contributed by atoms with van der Waals surface area (Å²) in [6, 6.07) is 7.49. The Morgan fingerprint density at radius 1 is 1.27 bits per heavy atom. The van der Waals surface area contributed by atoms with Crippen molar-refractivity contribution in [3.63, 3.8) is 0 Å². The van der Waals surface area contributed by atoms with Crippen molar-refractivity contribution in [1.82, 2.24) is 4.98 Å². The summed E-state index contributed by atoms with van der Waals surface area (Å²) >= 11 is 0. The highest BCUT2D eigenvalue weighted by Crippen LogP contribution is 2.33. The predicted molar refractivity (Wildman–Crippen MR) is 72.2 cm³/mol. The number of nitriles is 1. The molecule has 2 rings (SSSR count). The van der Waals surface area contributed by atoms with Gasteiger partial charge < -0.3 is 9.47 Å². The maximum atomic E-state index is 12.3. The molecule has 0 saturated heterocycles. The molecule has 0 N–H and O–H groups in total. The molecule has 0 aliphatic carbocycles. The lowest BCUT2D eigenvalue weighted by Gasteiger charge is -2.13. The van der Waals surface area contributed by atoms with Crippen LogP contribution in [0.2, 0.25) is 0 Å². The molecule has 2 aromatic rings. The molecule has 0 radical (unpaired) electrons. The van der Waals surface area contributed by atoms with Gasteiger partial charge in [-0.25, -0.2) is 0 Å². The quantitative estimate of drug-likeness (QED) is 0.863. The molecule has 1 aromatic carbocycles. The summed E-state index contributed by atoms with van der Waals surface area (Å²) in [5, 5.41) is 8.92. The third-order valence-electron chi connectivity index (χ3n) is 2.87. The van der Waals surface area contributed by atoms with E-state index in [4.69, 9.17) is 10.00 Å². The zero-order valence-electron chi connectivity index (χ0n) is 11.5. The summed E-state index contributed by atoms with van der Waals surface area (Å²) in [4.78, 5) is 3.98. The minimum atomic E-state index is -4.76. The number of alkyl halides is 3. The topological polar surface area (TPSA) is 55.1 Å². The third-order valence-corrected chi connectivity index (χ3v) is 2.87. The summed E-state index contributed by atoms with van der Waals surface area (Å²) < 4.78 is 45.9. The van der Waals surface area contributed by atoms with Gasteiger partial charge in [-0.05, 0) is 17.7 Å². The van der Waals surface area contributed by atoms with Gasteiger partial charge in [0.15, 0.2) is 0 Å². The molecular formula is C15H11F3N2O2. The molecule has 0 atom stereocenters. The van der Waals surface area contributed by atoms with Crippen molar-refractivity contribution >= 4 is 0 Å². The van der Waals surface area contributed by atoms with E-state index in [-0.39, 0.29) is 12.2 Å². The maximum Gasteiger partial charge on any atom is 0.573 e. The van der Waals surface area contributed by atoms with Gasteiger partial charge in [0.2, 0.25) is 0 Å². The standard InChI is InChI=1S/C15H11F3N2O2/c1-21-14-9-20-8-13(12(14)5-6-19)10-3-2-4-11(7-10)22-15(16,17)18/h2-4,7-9H,5H2,1H3. The van der Waals surface area contributed by atoms with E-state index in [2.05, 4.69) is 9.72 Å². The minimum Gasteiger partial charge on any atom is -0.495 e. The van der Waals surface area contributed by atoms with Gasteiger partial charge >= 0.3 is 6.36 Å². The van der Waals surface area contributed by atoms with Gasteiger partial charge in [-0.15, -0.1) is 13.2 Å². The monoisotopic (exact) mass is 308 g/mol. The fourth-order valence-electron chi connectivity index (χ4n) is 2.01. The molecule has 0 spiro atoms. The number of aromatic nitrogens is 1. The van der Waals surface area contributed by atoms with Crippen LogP contribution in [0, 0.1) is 11.3 Å². The highest BCUT2D eigenvalue weighted by molar-refractivity contribution is 5.70. The molecule has 4 nitrogen and oxygen atoms in total. The van der Waals surface area contributed by atoms with Gasteiger partial charge in [-0.2, -0.15) is 5.26 Å². The van der Waals surface area contributed by atoms with Crippen LogP contribution in [0.5, 0.6) is 11.5 Å². The molecule has 0 aliphatic rings. The lowest BCUT2D eigenvalue weighted by atomic mass is 9.99. The Bertz CT molecular complexity index is 709. The number of nitrogens with zero attached hydrogens (tertiary/aromatic N) is 2. The first-order valence-electron chi connectivity index (χ1n) is 6.18. The summed E-state index contributed by atoms with van der Waals surface area (Å²) in [7, 11) is 1.44. The fraction of sp³-hybridized carbons (Fsp3) is 0.200. The van der Waals surface area contributed by atoms with Crippen molar-refractivity contribution in [1.29, 1.82) is 5.26 Å². The molecule has 0 saturated carbocycles. The third kappa shape index (κ3) is 3.67. The van der Waals surface area contributed by atoms with E-state index in [1.54, 1.807) is 6.07 Å². The minimum absolute atomic E-state index is 0.0470. The fourth-order valence-corrected chi connectivity index (χ4v) is 2.01. The van der Waals surface area contributed by atoms with E-state index < -0.39 is 6.36 Å². The second-order valence-corrected chi connectivity index (χ2v) is 4.28. The Kier molecular flexibility index (Phi) is 4.51. The van der Waals surface area contributed by atoms with Crippen LogP contribution in [0.4, 0.5) is 13.2 Å². The number of methoxy groups -OCH3 is 1. The van der Waals surface area contributed by atoms with Gasteiger partial charge in [0.25, 0.3) is 0 Å². The molecule has 0 amide bonds. The van der Waals surface area contributed by atoms with Crippen LogP contribution in [0.1, 0.15) is 5.56 Å². The summed E-state index contributed by atoms with van der Waals surface area (Å²) in [6.07, 6.45) is -1.79. The Morgan fingerprint density at radius 2 is 2.05 bits per heavy atom. The molecule has 0 aliphatic heterocycles. The first kappa shape index (κ1) is 15.6. The normalized spacial score (nSPS) is 10.9. The van der Waals surface area contributed by atoms with E-state index in [9.17, 15) is 13.2 Å². The van der Waals surface area contributed by atoms with E-state index in [1.807, 2.05) is 6.07 Å². The van der Waals surface area contributed by atoms with Gasteiger partial charge in [-0.3, -0.25) is 4.98 Å². The van der Waals surface area contributed by atoms with Crippen molar-refractivity contribution in [3.05, 3.63) is 42.2 Å². The number of ether oxygens (including phenoxy) is 2.